The molecule has 2 aliphatic heterocycles. The molecule has 0 aliphatic carbocycles. The lowest BCUT2D eigenvalue weighted by Gasteiger charge is -2.22. The highest BCUT2D eigenvalue weighted by Gasteiger charge is 2.45. The maximum atomic E-state index is 5.47. The summed E-state index contributed by atoms with van der Waals surface area (Å²) in [6.45, 7) is 0. The van der Waals surface area contributed by atoms with E-state index < -0.39 is 0 Å². The Balaban J connectivity index is 1.91. The Bertz CT molecular complexity index is 139. The minimum Gasteiger partial charge on any atom is -0.378 e. The van der Waals surface area contributed by atoms with Crippen molar-refractivity contribution in [2.24, 2.45) is 0 Å². The lowest BCUT2D eigenvalue weighted by molar-refractivity contribution is -0.0256. The molecular weight excluding hydrogens is 192 g/mol. The van der Waals surface area contributed by atoms with Crippen molar-refractivity contribution in [3.8, 4) is 0 Å². The van der Waals surface area contributed by atoms with E-state index in [-0.39, 0.29) is 0 Å². The van der Waals surface area contributed by atoms with Gasteiger partial charge < -0.3 is 9.47 Å². The zero-order chi connectivity index (χ0) is 8.55. The van der Waals surface area contributed by atoms with Crippen LogP contribution >= 0.6 is 23.5 Å². The van der Waals surface area contributed by atoms with Crippen LogP contribution in [0.2, 0.25) is 0 Å². The second-order valence-corrected chi connectivity index (χ2v) is 5.69. The van der Waals surface area contributed by atoms with Gasteiger partial charge in [-0.25, -0.2) is 0 Å². The van der Waals surface area contributed by atoms with Gasteiger partial charge in [0.2, 0.25) is 0 Å². The van der Waals surface area contributed by atoms with E-state index in [9.17, 15) is 0 Å². The minimum atomic E-state index is 0.319. The molecule has 2 rings (SSSR count). The van der Waals surface area contributed by atoms with E-state index in [0.717, 1.165) is 0 Å². The highest BCUT2D eigenvalue weighted by atomic mass is 32.2. The first kappa shape index (κ1) is 9.19. The predicted molar refractivity (Wildman–Crippen MR) is 54.1 cm³/mol. The largest absolute Gasteiger partial charge is 0.378 e. The molecule has 70 valence electrons. The lowest BCUT2D eigenvalue weighted by atomic mass is 10.1. The van der Waals surface area contributed by atoms with Crippen LogP contribution < -0.4 is 0 Å². The summed E-state index contributed by atoms with van der Waals surface area (Å²) in [4.78, 5) is 0. The second-order valence-electron chi connectivity index (χ2n) is 3.14. The molecule has 2 fully saturated rings. The molecular formula is C8H14O2S2. The van der Waals surface area contributed by atoms with Crippen LogP contribution in [0.5, 0.6) is 0 Å². The molecule has 2 nitrogen and oxygen atoms in total. The van der Waals surface area contributed by atoms with Crippen LogP contribution in [-0.4, -0.2) is 48.4 Å². The summed E-state index contributed by atoms with van der Waals surface area (Å²) in [5, 5.41) is 1.39. The Morgan fingerprint density at radius 3 is 1.50 bits per heavy atom. The standard InChI is InChI=1S/C8H14O2S2/c1-9-7(5-3-11-5)8(10-2)6-4-12-6/h5-8H,3-4H2,1-2H3/t5-,6-,7+,8+/m0/s1. The molecule has 0 bridgehead atoms. The molecule has 2 heterocycles. The van der Waals surface area contributed by atoms with Crippen LogP contribution in [0.15, 0.2) is 0 Å². The summed E-state index contributed by atoms with van der Waals surface area (Å²) < 4.78 is 10.9. The summed E-state index contributed by atoms with van der Waals surface area (Å²) in [6, 6.07) is 0. The van der Waals surface area contributed by atoms with Crippen molar-refractivity contribution in [1.82, 2.24) is 0 Å². The van der Waals surface area contributed by atoms with Crippen LogP contribution in [0.1, 0.15) is 0 Å². The Morgan fingerprint density at radius 2 is 1.33 bits per heavy atom. The molecule has 0 amide bonds. The Hall–Kier alpha value is 0.620. The minimum absolute atomic E-state index is 0.319. The fraction of sp³-hybridized carbons (Fsp3) is 1.00. The van der Waals surface area contributed by atoms with Gasteiger partial charge in [-0.1, -0.05) is 0 Å². The molecule has 0 unspecified atom stereocenters. The fourth-order valence-corrected chi connectivity index (χ4v) is 3.00. The van der Waals surface area contributed by atoms with Crippen LogP contribution in [0.25, 0.3) is 0 Å². The van der Waals surface area contributed by atoms with E-state index in [1.165, 1.54) is 11.5 Å². The quantitative estimate of drug-likeness (QED) is 0.630. The van der Waals surface area contributed by atoms with Gasteiger partial charge in [0, 0.05) is 36.2 Å². The normalized spacial score (nSPS) is 37.5. The van der Waals surface area contributed by atoms with Gasteiger partial charge in [-0.05, 0) is 0 Å². The van der Waals surface area contributed by atoms with Gasteiger partial charge in [-0.3, -0.25) is 0 Å². The van der Waals surface area contributed by atoms with Gasteiger partial charge in [-0.15, -0.1) is 0 Å². The van der Waals surface area contributed by atoms with Crippen LogP contribution in [0, 0.1) is 0 Å². The fourth-order valence-electron chi connectivity index (χ4n) is 1.49. The zero-order valence-electron chi connectivity index (χ0n) is 7.36. The smallest absolute Gasteiger partial charge is 0.0970 e. The first-order chi connectivity index (χ1) is 5.86. The highest BCUT2D eigenvalue weighted by molar-refractivity contribution is 8.07. The highest BCUT2D eigenvalue weighted by Crippen LogP contribution is 2.43. The molecule has 12 heavy (non-hydrogen) atoms. The topological polar surface area (TPSA) is 18.5 Å². The van der Waals surface area contributed by atoms with Crippen LogP contribution in [0.4, 0.5) is 0 Å². The molecule has 4 atom stereocenters. The van der Waals surface area contributed by atoms with Crippen molar-refractivity contribution >= 4 is 23.5 Å². The van der Waals surface area contributed by atoms with Crippen molar-refractivity contribution in [2.45, 2.75) is 22.7 Å². The number of ether oxygens (including phenoxy) is 2. The summed E-state index contributed by atoms with van der Waals surface area (Å²) in [5.74, 6) is 2.49. The third-order valence-electron chi connectivity index (χ3n) is 2.32. The number of thioether (sulfide) groups is 2. The first-order valence-electron chi connectivity index (χ1n) is 4.15. The molecule has 2 saturated heterocycles. The average Bonchev–Trinajstić information content (AvgIpc) is 2.85. The maximum Gasteiger partial charge on any atom is 0.0970 e. The van der Waals surface area contributed by atoms with E-state index in [2.05, 4.69) is 0 Å². The molecule has 0 saturated carbocycles. The van der Waals surface area contributed by atoms with Crippen molar-refractivity contribution in [3.63, 3.8) is 0 Å². The van der Waals surface area contributed by atoms with Crippen LogP contribution in [0.3, 0.4) is 0 Å². The van der Waals surface area contributed by atoms with Crippen LogP contribution in [-0.2, 0) is 9.47 Å². The van der Waals surface area contributed by atoms with E-state index in [1.807, 2.05) is 23.5 Å². The summed E-state index contributed by atoms with van der Waals surface area (Å²) >= 11 is 3.95. The molecule has 0 aromatic heterocycles. The average molecular weight is 206 g/mol. The third-order valence-corrected chi connectivity index (χ3v) is 4.29. The number of hydrogen-bond acceptors (Lipinski definition) is 4. The van der Waals surface area contributed by atoms with Gasteiger partial charge >= 0.3 is 0 Å². The molecule has 4 heteroatoms. The van der Waals surface area contributed by atoms with Gasteiger partial charge in [0.1, 0.15) is 0 Å². The van der Waals surface area contributed by atoms with Crippen molar-refractivity contribution in [2.75, 3.05) is 25.7 Å². The van der Waals surface area contributed by atoms with E-state index in [1.54, 1.807) is 14.2 Å². The Kier molecular flexibility index (Phi) is 2.89. The number of methoxy groups -OCH3 is 2. The Morgan fingerprint density at radius 1 is 1.00 bits per heavy atom. The monoisotopic (exact) mass is 206 g/mol. The van der Waals surface area contributed by atoms with Gasteiger partial charge in [0.05, 0.1) is 12.2 Å². The van der Waals surface area contributed by atoms with Crippen molar-refractivity contribution in [3.05, 3.63) is 0 Å². The van der Waals surface area contributed by atoms with Crippen molar-refractivity contribution in [1.29, 1.82) is 0 Å². The molecule has 0 radical (unpaired) electrons. The molecule has 0 spiro atoms. The van der Waals surface area contributed by atoms with E-state index in [0.29, 0.717) is 22.7 Å². The molecule has 0 aromatic rings. The SMILES string of the molecule is CO[C@@H]([C@H](OC)[C@@H]1CS1)[C@@H]1CS1. The summed E-state index contributed by atoms with van der Waals surface area (Å²) in [5.41, 5.74) is 0. The molecule has 2 aliphatic rings. The summed E-state index contributed by atoms with van der Waals surface area (Å²) in [7, 11) is 3.59. The lowest BCUT2D eigenvalue weighted by Crippen LogP contribution is -2.37. The van der Waals surface area contributed by atoms with Crippen molar-refractivity contribution < 1.29 is 9.47 Å². The van der Waals surface area contributed by atoms with E-state index in [4.69, 9.17) is 9.47 Å². The molecule has 0 N–H and O–H groups in total. The third kappa shape index (κ3) is 1.92. The van der Waals surface area contributed by atoms with E-state index >= 15 is 0 Å². The maximum absolute atomic E-state index is 5.47. The summed E-state index contributed by atoms with van der Waals surface area (Å²) in [6.07, 6.45) is 0.639. The van der Waals surface area contributed by atoms with Gasteiger partial charge in [0.25, 0.3) is 0 Å². The number of rotatable bonds is 5. The van der Waals surface area contributed by atoms with Gasteiger partial charge in [0.15, 0.2) is 0 Å². The predicted octanol–water partition coefficient (Wildman–Crippen LogP) is 1.25. The molecule has 0 aromatic carbocycles. The zero-order valence-corrected chi connectivity index (χ0v) is 8.99. The second kappa shape index (κ2) is 3.78. The first-order valence-corrected chi connectivity index (χ1v) is 6.25. The Labute approximate surface area is 81.8 Å². The van der Waals surface area contributed by atoms with Gasteiger partial charge in [-0.2, -0.15) is 23.5 Å². The number of hydrogen-bond donors (Lipinski definition) is 0.